The van der Waals surface area contributed by atoms with Crippen LogP contribution in [-0.4, -0.2) is 65.7 Å². The molecule has 3 rings (SSSR count). The molecule has 1 saturated heterocycles. The second kappa shape index (κ2) is 10.0. The van der Waals surface area contributed by atoms with Crippen LogP contribution in [0.15, 0.2) is 48.8 Å². The standard InChI is InChI=1S/C22H23ClN4O3/c1-24-21(29)17-13-16(14-25-15-17)7-8-20(28)26-9-4-10-27(12-11-26)22(30)18-5-2-3-6-19(18)23/h2-3,5-8,13-15H,4,9-12H2,1H3,(H,24,29)/b8-7+. The van der Waals surface area contributed by atoms with Crippen LogP contribution in [0.1, 0.15) is 32.7 Å². The van der Waals surface area contributed by atoms with Gasteiger partial charge in [-0.3, -0.25) is 19.4 Å². The number of hydrogen-bond donors (Lipinski definition) is 1. The molecule has 2 heterocycles. The Bertz CT molecular complexity index is 976. The Balaban J connectivity index is 1.62. The number of rotatable bonds is 4. The first kappa shape index (κ1) is 21.5. The molecule has 0 atom stereocenters. The number of carbonyl (C=O) groups is 3. The molecule has 0 spiro atoms. The number of aromatic nitrogens is 1. The summed E-state index contributed by atoms with van der Waals surface area (Å²) in [4.78, 5) is 44.6. The maximum Gasteiger partial charge on any atom is 0.255 e. The first-order valence-corrected chi connectivity index (χ1v) is 10.1. The summed E-state index contributed by atoms with van der Waals surface area (Å²) in [6.07, 6.45) is 6.85. The lowest BCUT2D eigenvalue weighted by molar-refractivity contribution is -0.125. The molecule has 0 aliphatic carbocycles. The van der Waals surface area contributed by atoms with Gasteiger partial charge in [0.1, 0.15) is 0 Å². The Morgan fingerprint density at radius 1 is 1.07 bits per heavy atom. The molecule has 156 valence electrons. The summed E-state index contributed by atoms with van der Waals surface area (Å²) in [6.45, 7) is 2.01. The van der Waals surface area contributed by atoms with Gasteiger partial charge < -0.3 is 15.1 Å². The van der Waals surface area contributed by atoms with Gasteiger partial charge in [-0.05, 0) is 36.3 Å². The van der Waals surface area contributed by atoms with Gasteiger partial charge in [0.05, 0.1) is 16.1 Å². The zero-order valence-corrected chi connectivity index (χ0v) is 17.4. The number of nitrogens with zero attached hydrogens (tertiary/aromatic N) is 3. The third kappa shape index (κ3) is 5.24. The highest BCUT2D eigenvalue weighted by molar-refractivity contribution is 6.33. The van der Waals surface area contributed by atoms with Crippen LogP contribution in [0.25, 0.3) is 6.08 Å². The molecule has 30 heavy (non-hydrogen) atoms. The molecule has 0 bridgehead atoms. The van der Waals surface area contributed by atoms with Crippen molar-refractivity contribution in [1.82, 2.24) is 20.1 Å². The summed E-state index contributed by atoms with van der Waals surface area (Å²) in [5.74, 6) is -0.505. The molecule has 0 radical (unpaired) electrons. The van der Waals surface area contributed by atoms with Crippen molar-refractivity contribution in [2.24, 2.45) is 0 Å². The number of hydrogen-bond acceptors (Lipinski definition) is 4. The van der Waals surface area contributed by atoms with E-state index in [-0.39, 0.29) is 17.7 Å². The molecule has 8 heteroatoms. The highest BCUT2D eigenvalue weighted by Crippen LogP contribution is 2.18. The van der Waals surface area contributed by atoms with E-state index in [2.05, 4.69) is 10.3 Å². The van der Waals surface area contributed by atoms with Gasteiger partial charge in [0.15, 0.2) is 0 Å². The molecule has 3 amide bonds. The van der Waals surface area contributed by atoms with E-state index < -0.39 is 0 Å². The fraction of sp³-hybridized carbons (Fsp3) is 0.273. The van der Waals surface area contributed by atoms with Crippen molar-refractivity contribution in [2.45, 2.75) is 6.42 Å². The van der Waals surface area contributed by atoms with Crippen LogP contribution in [0.3, 0.4) is 0 Å². The van der Waals surface area contributed by atoms with Crippen LogP contribution in [-0.2, 0) is 4.79 Å². The zero-order chi connectivity index (χ0) is 21.5. The van der Waals surface area contributed by atoms with Crippen molar-refractivity contribution in [3.8, 4) is 0 Å². The minimum atomic E-state index is -0.236. The van der Waals surface area contributed by atoms with Crippen molar-refractivity contribution in [3.05, 3.63) is 70.5 Å². The Hall–Kier alpha value is -3.19. The fourth-order valence-electron chi connectivity index (χ4n) is 3.24. The van der Waals surface area contributed by atoms with Gasteiger partial charge in [0, 0.05) is 51.7 Å². The molecule has 1 fully saturated rings. The van der Waals surface area contributed by atoms with E-state index in [1.807, 2.05) is 0 Å². The maximum absolute atomic E-state index is 12.8. The van der Waals surface area contributed by atoms with Crippen molar-refractivity contribution < 1.29 is 14.4 Å². The third-order valence-electron chi connectivity index (χ3n) is 4.87. The quantitative estimate of drug-likeness (QED) is 0.761. The van der Waals surface area contributed by atoms with E-state index in [0.29, 0.717) is 54.3 Å². The number of nitrogens with one attached hydrogen (secondary N) is 1. The van der Waals surface area contributed by atoms with Gasteiger partial charge in [-0.15, -0.1) is 0 Å². The Morgan fingerprint density at radius 2 is 1.80 bits per heavy atom. The SMILES string of the molecule is CNC(=O)c1cncc(/C=C/C(=O)N2CCCN(C(=O)c3ccccc3Cl)CC2)c1. The summed E-state index contributed by atoms with van der Waals surface area (Å²) in [5.41, 5.74) is 1.56. The summed E-state index contributed by atoms with van der Waals surface area (Å²) in [6, 6.07) is 8.64. The normalized spacial score (nSPS) is 14.5. The minimum absolute atomic E-state index is 0.123. The van der Waals surface area contributed by atoms with Crippen LogP contribution >= 0.6 is 11.6 Å². The van der Waals surface area contributed by atoms with Crippen molar-refractivity contribution in [3.63, 3.8) is 0 Å². The molecule has 0 unspecified atom stereocenters. The van der Waals surface area contributed by atoms with E-state index >= 15 is 0 Å². The molecule has 0 saturated carbocycles. The molecule has 1 aromatic carbocycles. The second-order valence-corrected chi connectivity index (χ2v) is 7.28. The maximum atomic E-state index is 12.8. The Morgan fingerprint density at radius 3 is 2.57 bits per heavy atom. The predicted octanol–water partition coefficient (Wildman–Crippen LogP) is 2.48. The molecular weight excluding hydrogens is 404 g/mol. The Kier molecular flexibility index (Phi) is 7.19. The molecule has 1 N–H and O–H groups in total. The molecular formula is C22H23ClN4O3. The summed E-state index contributed by atoms with van der Waals surface area (Å²) < 4.78 is 0. The Labute approximate surface area is 180 Å². The van der Waals surface area contributed by atoms with Crippen LogP contribution in [0.4, 0.5) is 0 Å². The van der Waals surface area contributed by atoms with Crippen molar-refractivity contribution >= 4 is 35.4 Å². The fourth-order valence-corrected chi connectivity index (χ4v) is 3.45. The largest absolute Gasteiger partial charge is 0.355 e. The highest BCUT2D eigenvalue weighted by Gasteiger charge is 2.23. The number of benzene rings is 1. The lowest BCUT2D eigenvalue weighted by Crippen LogP contribution is -2.36. The van der Waals surface area contributed by atoms with Crippen LogP contribution in [0.5, 0.6) is 0 Å². The monoisotopic (exact) mass is 426 g/mol. The molecule has 1 aliphatic rings. The number of halogens is 1. The molecule has 2 aromatic rings. The van der Waals surface area contributed by atoms with E-state index in [1.165, 1.54) is 12.3 Å². The first-order chi connectivity index (χ1) is 14.5. The lowest BCUT2D eigenvalue weighted by Gasteiger charge is -2.22. The molecule has 1 aliphatic heterocycles. The average Bonchev–Trinajstić information content (AvgIpc) is 3.03. The van der Waals surface area contributed by atoms with Crippen LogP contribution < -0.4 is 5.32 Å². The average molecular weight is 427 g/mol. The summed E-state index contributed by atoms with van der Waals surface area (Å²) in [5, 5.41) is 2.97. The van der Waals surface area contributed by atoms with Crippen LogP contribution in [0.2, 0.25) is 5.02 Å². The van der Waals surface area contributed by atoms with Gasteiger partial charge in [-0.25, -0.2) is 0 Å². The molecule has 1 aromatic heterocycles. The van der Waals surface area contributed by atoms with E-state index in [9.17, 15) is 14.4 Å². The number of pyridine rings is 1. The summed E-state index contributed by atoms with van der Waals surface area (Å²) >= 11 is 6.15. The van der Waals surface area contributed by atoms with Crippen molar-refractivity contribution in [1.29, 1.82) is 0 Å². The van der Waals surface area contributed by atoms with Gasteiger partial charge in [0.25, 0.3) is 11.8 Å². The first-order valence-electron chi connectivity index (χ1n) is 9.67. The van der Waals surface area contributed by atoms with Gasteiger partial charge in [-0.1, -0.05) is 23.7 Å². The molecule has 7 nitrogen and oxygen atoms in total. The van der Waals surface area contributed by atoms with E-state index in [4.69, 9.17) is 11.6 Å². The highest BCUT2D eigenvalue weighted by atomic mass is 35.5. The third-order valence-corrected chi connectivity index (χ3v) is 5.20. The topological polar surface area (TPSA) is 82.6 Å². The van der Waals surface area contributed by atoms with Crippen LogP contribution in [0, 0.1) is 0 Å². The van der Waals surface area contributed by atoms with E-state index in [1.54, 1.807) is 59.5 Å². The van der Waals surface area contributed by atoms with Gasteiger partial charge >= 0.3 is 0 Å². The summed E-state index contributed by atoms with van der Waals surface area (Å²) in [7, 11) is 1.55. The zero-order valence-electron chi connectivity index (χ0n) is 16.7. The van der Waals surface area contributed by atoms with Gasteiger partial charge in [-0.2, -0.15) is 0 Å². The van der Waals surface area contributed by atoms with E-state index in [0.717, 1.165) is 0 Å². The predicted molar refractivity (Wildman–Crippen MR) is 115 cm³/mol. The number of carbonyl (C=O) groups excluding carboxylic acids is 3. The van der Waals surface area contributed by atoms with Crippen molar-refractivity contribution in [2.75, 3.05) is 33.2 Å². The lowest BCUT2D eigenvalue weighted by atomic mass is 10.2. The smallest absolute Gasteiger partial charge is 0.255 e. The minimum Gasteiger partial charge on any atom is -0.355 e. The second-order valence-electron chi connectivity index (χ2n) is 6.87. The number of amides is 3. The van der Waals surface area contributed by atoms with Gasteiger partial charge in [0.2, 0.25) is 5.91 Å².